The van der Waals surface area contributed by atoms with Crippen LogP contribution in [0.4, 0.5) is 0 Å². The first kappa shape index (κ1) is 6.38. The summed E-state index contributed by atoms with van der Waals surface area (Å²) in [5.74, 6) is 0. The van der Waals surface area contributed by atoms with Gasteiger partial charge in [0.15, 0.2) is 0 Å². The van der Waals surface area contributed by atoms with E-state index in [4.69, 9.17) is 0 Å². The van der Waals surface area contributed by atoms with Gasteiger partial charge in [-0.05, 0) is 19.9 Å². The summed E-state index contributed by atoms with van der Waals surface area (Å²) < 4.78 is 0. The number of hydrogen-bond donors (Lipinski definition) is 1. The Morgan fingerprint density at radius 1 is 1.40 bits per heavy atom. The molecule has 1 N–H and O–H groups in total. The number of nitrogens with zero attached hydrogens (tertiary/aromatic N) is 1. The summed E-state index contributed by atoms with van der Waals surface area (Å²) in [6, 6.07) is 1.00. The van der Waals surface area contributed by atoms with Gasteiger partial charge >= 0.3 is 0 Å². The van der Waals surface area contributed by atoms with Gasteiger partial charge in [-0.3, -0.25) is 4.90 Å². The highest BCUT2D eigenvalue weighted by Gasteiger charge is 2.35. The fourth-order valence-corrected chi connectivity index (χ4v) is 2.01. The first-order chi connectivity index (χ1) is 4.79. The van der Waals surface area contributed by atoms with Gasteiger partial charge in [0.25, 0.3) is 0 Å². The van der Waals surface area contributed by atoms with E-state index in [0.717, 1.165) is 6.42 Å². The van der Waals surface area contributed by atoms with Crippen molar-refractivity contribution in [2.45, 2.75) is 31.0 Å². The molecule has 1 saturated heterocycles. The molecule has 0 spiro atoms. The molecule has 0 aliphatic carbocycles. The van der Waals surface area contributed by atoms with Gasteiger partial charge in [-0.2, -0.15) is 0 Å². The molecule has 2 unspecified atom stereocenters. The van der Waals surface area contributed by atoms with E-state index in [9.17, 15) is 5.11 Å². The fourth-order valence-electron chi connectivity index (χ4n) is 2.01. The SMILES string of the molecule is CN1C2CC[C@H]1C=CC2O. The molecule has 2 heteroatoms. The highest BCUT2D eigenvalue weighted by molar-refractivity contribution is 5.12. The van der Waals surface area contributed by atoms with Crippen LogP contribution in [0.1, 0.15) is 12.8 Å². The Morgan fingerprint density at radius 3 is 2.90 bits per heavy atom. The Kier molecular flexibility index (Phi) is 1.32. The second-order valence-electron chi connectivity index (χ2n) is 3.25. The van der Waals surface area contributed by atoms with Crippen molar-refractivity contribution in [1.29, 1.82) is 0 Å². The molecule has 1 fully saturated rings. The molecule has 0 amide bonds. The van der Waals surface area contributed by atoms with Crippen LogP contribution in [-0.4, -0.2) is 35.2 Å². The minimum Gasteiger partial charge on any atom is -0.387 e. The van der Waals surface area contributed by atoms with Crippen LogP contribution in [0, 0.1) is 0 Å². The van der Waals surface area contributed by atoms with Crippen LogP contribution in [-0.2, 0) is 0 Å². The largest absolute Gasteiger partial charge is 0.387 e. The van der Waals surface area contributed by atoms with Crippen LogP contribution in [0.5, 0.6) is 0 Å². The summed E-state index contributed by atoms with van der Waals surface area (Å²) >= 11 is 0. The molecular weight excluding hydrogens is 126 g/mol. The van der Waals surface area contributed by atoms with Gasteiger partial charge in [0.2, 0.25) is 0 Å². The predicted molar refractivity (Wildman–Crippen MR) is 39.7 cm³/mol. The molecule has 56 valence electrons. The van der Waals surface area contributed by atoms with Crippen molar-refractivity contribution >= 4 is 0 Å². The predicted octanol–water partition coefficient (Wildman–Crippen LogP) is 0.380. The van der Waals surface area contributed by atoms with E-state index in [1.54, 1.807) is 0 Å². The lowest BCUT2D eigenvalue weighted by atomic mass is 10.1. The monoisotopic (exact) mass is 139 g/mol. The Morgan fingerprint density at radius 2 is 2.20 bits per heavy atom. The van der Waals surface area contributed by atoms with Crippen LogP contribution in [0.3, 0.4) is 0 Å². The Balaban J connectivity index is 2.25. The Labute approximate surface area is 61.1 Å². The molecule has 2 aliphatic heterocycles. The van der Waals surface area contributed by atoms with E-state index in [1.807, 2.05) is 6.08 Å². The standard InChI is InChI=1S/C8H13NO/c1-9-6-2-4-7(9)8(10)5-3-6/h3,5-8,10H,2,4H2,1H3/t6-,7?,8?/m0/s1. The lowest BCUT2D eigenvalue weighted by Gasteiger charge is -2.30. The van der Waals surface area contributed by atoms with E-state index in [0.29, 0.717) is 12.1 Å². The van der Waals surface area contributed by atoms with Crippen LogP contribution in [0.15, 0.2) is 12.2 Å². The maximum absolute atomic E-state index is 9.44. The average Bonchev–Trinajstić information content (AvgIpc) is 2.13. The van der Waals surface area contributed by atoms with Crippen LogP contribution in [0.2, 0.25) is 0 Å². The second-order valence-corrected chi connectivity index (χ2v) is 3.25. The lowest BCUT2D eigenvalue weighted by Crippen LogP contribution is -2.41. The molecule has 2 rings (SSSR count). The molecule has 0 saturated carbocycles. The summed E-state index contributed by atoms with van der Waals surface area (Å²) in [7, 11) is 2.09. The van der Waals surface area contributed by atoms with Crippen molar-refractivity contribution in [1.82, 2.24) is 4.90 Å². The molecular formula is C8H13NO. The third kappa shape index (κ3) is 0.724. The van der Waals surface area contributed by atoms with Crippen LogP contribution < -0.4 is 0 Å². The van der Waals surface area contributed by atoms with Crippen molar-refractivity contribution in [3.63, 3.8) is 0 Å². The maximum Gasteiger partial charge on any atom is 0.0876 e. The molecule has 2 heterocycles. The molecule has 0 radical (unpaired) electrons. The molecule has 2 aliphatic rings. The van der Waals surface area contributed by atoms with Gasteiger partial charge in [0.05, 0.1) is 6.10 Å². The topological polar surface area (TPSA) is 23.5 Å². The summed E-state index contributed by atoms with van der Waals surface area (Å²) in [6.45, 7) is 0. The van der Waals surface area contributed by atoms with Gasteiger partial charge in [0, 0.05) is 12.1 Å². The summed E-state index contributed by atoms with van der Waals surface area (Å²) in [6.07, 6.45) is 6.20. The molecule has 2 bridgehead atoms. The second kappa shape index (κ2) is 2.07. The quantitative estimate of drug-likeness (QED) is 0.490. The molecule has 10 heavy (non-hydrogen) atoms. The zero-order valence-electron chi connectivity index (χ0n) is 6.20. The van der Waals surface area contributed by atoms with Gasteiger partial charge in [-0.15, -0.1) is 0 Å². The molecule has 0 aromatic carbocycles. The third-order valence-electron chi connectivity index (χ3n) is 2.73. The number of aliphatic hydroxyl groups excluding tert-OH is 1. The van der Waals surface area contributed by atoms with E-state index >= 15 is 0 Å². The van der Waals surface area contributed by atoms with Crippen LogP contribution >= 0.6 is 0 Å². The van der Waals surface area contributed by atoms with Gasteiger partial charge in [-0.1, -0.05) is 12.2 Å². The summed E-state index contributed by atoms with van der Waals surface area (Å²) in [5.41, 5.74) is 0. The highest BCUT2D eigenvalue weighted by Crippen LogP contribution is 2.29. The minimum atomic E-state index is -0.219. The smallest absolute Gasteiger partial charge is 0.0876 e. The van der Waals surface area contributed by atoms with E-state index in [-0.39, 0.29) is 6.10 Å². The number of likely N-dealkylation sites (N-methyl/N-ethyl adjacent to an activating group) is 1. The zero-order chi connectivity index (χ0) is 7.14. The molecule has 0 aromatic rings. The maximum atomic E-state index is 9.44. The van der Waals surface area contributed by atoms with E-state index in [1.165, 1.54) is 6.42 Å². The number of fused-ring (bicyclic) bond motifs is 2. The zero-order valence-corrected chi connectivity index (χ0v) is 6.20. The van der Waals surface area contributed by atoms with Crippen LogP contribution in [0.25, 0.3) is 0 Å². The van der Waals surface area contributed by atoms with Gasteiger partial charge in [0.1, 0.15) is 0 Å². The van der Waals surface area contributed by atoms with Gasteiger partial charge in [-0.25, -0.2) is 0 Å². The average molecular weight is 139 g/mol. The number of hydrogen-bond acceptors (Lipinski definition) is 2. The normalized spacial score (nSPS) is 46.4. The van der Waals surface area contributed by atoms with Gasteiger partial charge < -0.3 is 5.11 Å². The third-order valence-corrected chi connectivity index (χ3v) is 2.73. The van der Waals surface area contributed by atoms with Crippen molar-refractivity contribution in [2.75, 3.05) is 7.05 Å². The Hall–Kier alpha value is -0.340. The molecule has 2 nitrogen and oxygen atoms in total. The molecule has 3 atom stereocenters. The van der Waals surface area contributed by atoms with Crippen molar-refractivity contribution in [3.05, 3.63) is 12.2 Å². The number of aliphatic hydroxyl groups is 1. The van der Waals surface area contributed by atoms with Crippen molar-refractivity contribution < 1.29 is 5.11 Å². The highest BCUT2D eigenvalue weighted by atomic mass is 16.3. The minimum absolute atomic E-state index is 0.219. The van der Waals surface area contributed by atoms with E-state index in [2.05, 4.69) is 18.0 Å². The van der Waals surface area contributed by atoms with Crippen molar-refractivity contribution in [3.8, 4) is 0 Å². The Bertz CT molecular complexity index is 167. The molecule has 0 aromatic heterocycles. The lowest BCUT2D eigenvalue weighted by molar-refractivity contribution is 0.102. The first-order valence-corrected chi connectivity index (χ1v) is 3.87. The number of rotatable bonds is 0. The first-order valence-electron chi connectivity index (χ1n) is 3.87. The van der Waals surface area contributed by atoms with E-state index < -0.39 is 0 Å². The summed E-state index contributed by atoms with van der Waals surface area (Å²) in [5, 5.41) is 9.44. The fraction of sp³-hybridized carbons (Fsp3) is 0.750. The van der Waals surface area contributed by atoms with Crippen molar-refractivity contribution in [2.24, 2.45) is 0 Å². The summed E-state index contributed by atoms with van der Waals surface area (Å²) in [4.78, 5) is 2.27.